The lowest BCUT2D eigenvalue weighted by atomic mass is 10.3. The Hall–Kier alpha value is -1.10. The van der Waals surface area contributed by atoms with E-state index < -0.39 is 0 Å². The van der Waals surface area contributed by atoms with E-state index in [2.05, 4.69) is 21.2 Å². The second-order valence-corrected chi connectivity index (χ2v) is 3.46. The molecular weight excluding hydrogens is 236 g/mol. The molecule has 5 heteroatoms. The van der Waals surface area contributed by atoms with Crippen LogP contribution in [0.3, 0.4) is 0 Å². The zero-order valence-corrected chi connectivity index (χ0v) is 7.59. The van der Waals surface area contributed by atoms with Crippen molar-refractivity contribution < 1.29 is 9.59 Å². The Morgan fingerprint density at radius 1 is 1.46 bits per heavy atom. The van der Waals surface area contributed by atoms with Crippen LogP contribution in [0.2, 0.25) is 0 Å². The van der Waals surface area contributed by atoms with Crippen LogP contribution in [0.5, 0.6) is 0 Å². The summed E-state index contributed by atoms with van der Waals surface area (Å²) in [5.41, 5.74) is 0.515. The van der Waals surface area contributed by atoms with Gasteiger partial charge in [-0.15, -0.1) is 0 Å². The Kier molecular flexibility index (Phi) is 2.56. The predicted molar refractivity (Wildman–Crippen MR) is 51.3 cm³/mol. The third-order valence-electron chi connectivity index (χ3n) is 1.66. The first-order valence-electron chi connectivity index (χ1n) is 3.36. The second kappa shape index (κ2) is 3.33. The van der Waals surface area contributed by atoms with Gasteiger partial charge in [-0.2, -0.15) is 0 Å². The van der Waals surface area contributed by atoms with Crippen LogP contribution in [0.1, 0.15) is 17.9 Å². The molecule has 0 spiro atoms. The second-order valence-electron chi connectivity index (χ2n) is 2.55. The topological polar surface area (TPSA) is 51.1 Å². The molecule has 1 N–H and O–H groups in total. The number of aromatic nitrogens is 1. The molecule has 4 nitrogen and oxygen atoms in total. The van der Waals surface area contributed by atoms with Gasteiger partial charge in [-0.3, -0.25) is 14.9 Å². The van der Waals surface area contributed by atoms with Gasteiger partial charge in [-0.05, 0) is 22.0 Å². The number of amides is 2. The Labute approximate surface area is 84.1 Å². The molecule has 0 radical (unpaired) electrons. The smallest absolute Gasteiger partial charge is 0.274 e. The summed E-state index contributed by atoms with van der Waals surface area (Å²) in [4.78, 5) is 22.0. The van der Waals surface area contributed by atoms with Crippen molar-refractivity contribution in [3.63, 3.8) is 0 Å². The SMILES string of the molecule is C.O=C1Cn2cc(Br)cc2C(=O)N1. The third-order valence-corrected chi connectivity index (χ3v) is 2.10. The Morgan fingerprint density at radius 3 is 2.85 bits per heavy atom. The van der Waals surface area contributed by atoms with Gasteiger partial charge < -0.3 is 4.57 Å². The molecule has 0 aliphatic carbocycles. The monoisotopic (exact) mass is 244 g/mol. The lowest BCUT2D eigenvalue weighted by Crippen LogP contribution is -2.39. The standard InChI is InChI=1S/C7H5BrN2O2.CH4/c8-4-1-5-7(12)9-6(11)3-10(5)2-4;/h1-2H,3H2,(H,9,11,12);1H4. The number of imide groups is 1. The fourth-order valence-corrected chi connectivity index (χ4v) is 1.64. The van der Waals surface area contributed by atoms with Crippen LogP contribution >= 0.6 is 15.9 Å². The number of carbonyl (C=O) groups excluding carboxylic acids is 2. The first kappa shape index (κ1) is 9.98. The van der Waals surface area contributed by atoms with Crippen molar-refractivity contribution >= 4 is 27.7 Å². The molecule has 0 unspecified atom stereocenters. The predicted octanol–water partition coefficient (Wildman–Crippen LogP) is 1.16. The van der Waals surface area contributed by atoms with E-state index in [1.54, 1.807) is 16.8 Å². The minimum Gasteiger partial charge on any atom is -0.333 e. The molecule has 70 valence electrons. The fraction of sp³-hybridized carbons (Fsp3) is 0.250. The molecule has 2 amide bonds. The molecular formula is C8H9BrN2O2. The molecule has 0 fully saturated rings. The number of fused-ring (bicyclic) bond motifs is 1. The molecule has 1 aliphatic heterocycles. The highest BCUT2D eigenvalue weighted by atomic mass is 79.9. The highest BCUT2D eigenvalue weighted by Gasteiger charge is 2.21. The van der Waals surface area contributed by atoms with Gasteiger partial charge in [-0.25, -0.2) is 0 Å². The van der Waals surface area contributed by atoms with Crippen molar-refractivity contribution in [3.8, 4) is 0 Å². The highest BCUT2D eigenvalue weighted by Crippen LogP contribution is 2.16. The zero-order valence-electron chi connectivity index (χ0n) is 6.00. The van der Waals surface area contributed by atoms with Gasteiger partial charge in [0.25, 0.3) is 5.91 Å². The maximum absolute atomic E-state index is 11.1. The summed E-state index contributed by atoms with van der Waals surface area (Å²) in [5.74, 6) is -0.604. The number of nitrogens with one attached hydrogen (secondary N) is 1. The van der Waals surface area contributed by atoms with E-state index >= 15 is 0 Å². The van der Waals surface area contributed by atoms with E-state index in [9.17, 15) is 9.59 Å². The van der Waals surface area contributed by atoms with Crippen LogP contribution in [-0.4, -0.2) is 16.4 Å². The summed E-state index contributed by atoms with van der Waals surface area (Å²) in [6.45, 7) is 0.215. The van der Waals surface area contributed by atoms with Crippen LogP contribution in [0, 0.1) is 0 Å². The van der Waals surface area contributed by atoms with Gasteiger partial charge >= 0.3 is 0 Å². The number of carbonyl (C=O) groups is 2. The molecule has 0 bridgehead atoms. The molecule has 1 aliphatic rings. The lowest BCUT2D eigenvalue weighted by molar-refractivity contribution is -0.121. The van der Waals surface area contributed by atoms with E-state index in [4.69, 9.17) is 0 Å². The largest absolute Gasteiger partial charge is 0.333 e. The fourth-order valence-electron chi connectivity index (χ4n) is 1.18. The molecule has 0 aromatic carbocycles. The Balaban J connectivity index is 0.000000845. The first-order valence-corrected chi connectivity index (χ1v) is 4.16. The van der Waals surface area contributed by atoms with Crippen molar-refractivity contribution in [1.82, 2.24) is 9.88 Å². The molecule has 1 aromatic rings. The van der Waals surface area contributed by atoms with Crippen LogP contribution in [-0.2, 0) is 11.3 Å². The molecule has 2 rings (SSSR count). The third kappa shape index (κ3) is 1.65. The normalized spacial score (nSPS) is 14.5. The summed E-state index contributed by atoms with van der Waals surface area (Å²) in [5, 5.41) is 2.23. The van der Waals surface area contributed by atoms with Crippen LogP contribution in [0.15, 0.2) is 16.7 Å². The zero-order chi connectivity index (χ0) is 8.72. The van der Waals surface area contributed by atoms with Crippen LogP contribution in [0.4, 0.5) is 0 Å². The molecule has 0 saturated heterocycles. The van der Waals surface area contributed by atoms with E-state index in [-0.39, 0.29) is 25.8 Å². The number of rotatable bonds is 0. The quantitative estimate of drug-likeness (QED) is 0.697. The van der Waals surface area contributed by atoms with E-state index in [0.717, 1.165) is 4.47 Å². The van der Waals surface area contributed by atoms with Gasteiger partial charge in [0, 0.05) is 10.7 Å². The van der Waals surface area contributed by atoms with Gasteiger partial charge in [0.1, 0.15) is 12.2 Å². The van der Waals surface area contributed by atoms with E-state index in [1.807, 2.05) is 0 Å². The van der Waals surface area contributed by atoms with Crippen LogP contribution < -0.4 is 5.32 Å². The number of halogens is 1. The summed E-state index contributed by atoms with van der Waals surface area (Å²) < 4.78 is 2.42. The van der Waals surface area contributed by atoms with Gasteiger partial charge in [0.15, 0.2) is 0 Å². The Bertz CT molecular complexity index is 370. The van der Waals surface area contributed by atoms with Crippen molar-refractivity contribution in [1.29, 1.82) is 0 Å². The molecule has 2 heterocycles. The number of hydrogen-bond donors (Lipinski definition) is 1. The number of hydrogen-bond acceptors (Lipinski definition) is 2. The average Bonchev–Trinajstić information content (AvgIpc) is 2.29. The first-order chi connectivity index (χ1) is 5.66. The number of nitrogens with zero attached hydrogens (tertiary/aromatic N) is 1. The van der Waals surface area contributed by atoms with Gasteiger partial charge in [0.05, 0.1) is 0 Å². The minimum absolute atomic E-state index is 0. The Morgan fingerprint density at radius 2 is 2.15 bits per heavy atom. The lowest BCUT2D eigenvalue weighted by Gasteiger charge is -2.13. The van der Waals surface area contributed by atoms with E-state index in [0.29, 0.717) is 5.69 Å². The van der Waals surface area contributed by atoms with Crippen molar-refractivity contribution in [2.75, 3.05) is 0 Å². The van der Waals surface area contributed by atoms with Crippen molar-refractivity contribution in [2.24, 2.45) is 0 Å². The van der Waals surface area contributed by atoms with Crippen LogP contribution in [0.25, 0.3) is 0 Å². The average molecular weight is 245 g/mol. The summed E-state index contributed by atoms with van der Waals surface area (Å²) in [6.07, 6.45) is 1.71. The summed E-state index contributed by atoms with van der Waals surface area (Å²) in [6, 6.07) is 1.68. The maximum Gasteiger partial charge on any atom is 0.274 e. The maximum atomic E-state index is 11.1. The summed E-state index contributed by atoms with van der Waals surface area (Å²) in [7, 11) is 0. The van der Waals surface area contributed by atoms with Gasteiger partial charge in [0.2, 0.25) is 5.91 Å². The molecule has 13 heavy (non-hydrogen) atoms. The van der Waals surface area contributed by atoms with Gasteiger partial charge in [-0.1, -0.05) is 7.43 Å². The molecule has 0 atom stereocenters. The van der Waals surface area contributed by atoms with E-state index in [1.165, 1.54) is 0 Å². The minimum atomic E-state index is -0.336. The molecule has 1 aromatic heterocycles. The van der Waals surface area contributed by atoms with Crippen molar-refractivity contribution in [3.05, 3.63) is 22.4 Å². The summed E-state index contributed by atoms with van der Waals surface area (Å²) >= 11 is 3.23. The highest BCUT2D eigenvalue weighted by molar-refractivity contribution is 9.10. The van der Waals surface area contributed by atoms with Crippen molar-refractivity contribution in [2.45, 2.75) is 14.0 Å². The molecule has 0 saturated carbocycles.